The maximum absolute atomic E-state index is 14.8. The molecular weight excluding hydrogens is 312 g/mol. The molecule has 0 aliphatic heterocycles. The first-order chi connectivity index (χ1) is 11.4. The van der Waals surface area contributed by atoms with E-state index in [1.807, 2.05) is 13.8 Å². The molecule has 3 nitrogen and oxygen atoms in total. The first-order valence-electron chi connectivity index (χ1n) is 7.55. The lowest BCUT2D eigenvalue weighted by atomic mass is 9.85. The maximum atomic E-state index is 14.8. The molecule has 2 aromatic carbocycles. The molecule has 24 heavy (non-hydrogen) atoms. The third-order valence-electron chi connectivity index (χ3n) is 4.37. The van der Waals surface area contributed by atoms with Gasteiger partial charge in [-0.05, 0) is 17.2 Å². The van der Waals surface area contributed by atoms with Crippen molar-refractivity contribution < 1.29 is 18.7 Å². The molecule has 0 amide bonds. The number of aliphatic hydroxyl groups is 1. The van der Waals surface area contributed by atoms with Crippen molar-refractivity contribution in [3.8, 4) is 11.1 Å². The summed E-state index contributed by atoms with van der Waals surface area (Å²) in [4.78, 5) is 13.7. The second-order valence-electron chi connectivity index (χ2n) is 6.45. The first kappa shape index (κ1) is 16.3. The maximum Gasteiger partial charge on any atom is 0.152 e. The van der Waals surface area contributed by atoms with Crippen LogP contribution in [-0.2, 0) is 5.41 Å². The Bertz CT molecular complexity index is 911. The molecule has 0 atom stereocenters. The van der Waals surface area contributed by atoms with Crippen LogP contribution in [-0.4, -0.2) is 23.0 Å². The van der Waals surface area contributed by atoms with Crippen molar-refractivity contribution >= 4 is 17.2 Å². The van der Waals surface area contributed by atoms with Crippen LogP contribution in [0.4, 0.5) is 8.78 Å². The predicted octanol–water partition coefficient (Wildman–Crippen LogP) is 4.20. The van der Waals surface area contributed by atoms with Gasteiger partial charge in [-0.15, -0.1) is 0 Å². The van der Waals surface area contributed by atoms with Gasteiger partial charge in [-0.3, -0.25) is 4.79 Å². The highest BCUT2D eigenvalue weighted by Gasteiger charge is 2.21. The lowest BCUT2D eigenvalue weighted by Crippen LogP contribution is -2.21. The number of nitrogens with one attached hydrogen (secondary N) is 1. The van der Waals surface area contributed by atoms with Gasteiger partial charge >= 0.3 is 0 Å². The molecule has 0 aliphatic carbocycles. The molecule has 5 heteroatoms. The molecule has 2 N–H and O–H groups in total. The fourth-order valence-electron chi connectivity index (χ4n) is 2.78. The van der Waals surface area contributed by atoms with Crippen LogP contribution >= 0.6 is 0 Å². The Balaban J connectivity index is 2.17. The Hall–Kier alpha value is -2.53. The number of aliphatic hydroxyl groups excluding tert-OH is 1. The van der Waals surface area contributed by atoms with Crippen molar-refractivity contribution in [3.05, 3.63) is 59.3 Å². The molecule has 1 heterocycles. The minimum atomic E-state index is -0.762. The second-order valence-corrected chi connectivity index (χ2v) is 6.45. The van der Waals surface area contributed by atoms with E-state index in [0.717, 1.165) is 5.56 Å². The van der Waals surface area contributed by atoms with Gasteiger partial charge in [-0.2, -0.15) is 0 Å². The van der Waals surface area contributed by atoms with E-state index in [0.29, 0.717) is 11.8 Å². The summed E-state index contributed by atoms with van der Waals surface area (Å²) in [6.45, 7) is 3.73. The van der Waals surface area contributed by atoms with Gasteiger partial charge in [-0.1, -0.05) is 38.1 Å². The number of fused-ring (bicyclic) bond motifs is 1. The molecule has 0 saturated heterocycles. The topological polar surface area (TPSA) is 53.1 Å². The Labute approximate surface area is 137 Å². The molecule has 3 rings (SSSR count). The average molecular weight is 329 g/mol. The number of aromatic amines is 1. The zero-order valence-corrected chi connectivity index (χ0v) is 13.4. The fraction of sp³-hybridized carbons (Fsp3) is 0.211. The molecule has 0 spiro atoms. The second kappa shape index (κ2) is 5.83. The van der Waals surface area contributed by atoms with E-state index in [-0.39, 0.29) is 28.6 Å². The summed E-state index contributed by atoms with van der Waals surface area (Å²) in [6, 6.07) is 7.91. The number of rotatable bonds is 4. The summed E-state index contributed by atoms with van der Waals surface area (Å²) in [7, 11) is 0. The zero-order valence-electron chi connectivity index (χ0n) is 13.4. The Kier molecular flexibility index (Phi) is 3.97. The normalized spacial score (nSPS) is 11.9. The Morgan fingerprint density at radius 1 is 1.21 bits per heavy atom. The number of H-pyrrole nitrogens is 1. The van der Waals surface area contributed by atoms with E-state index < -0.39 is 17.0 Å². The van der Waals surface area contributed by atoms with Crippen molar-refractivity contribution in [1.29, 1.82) is 0 Å². The molecule has 124 valence electrons. The van der Waals surface area contributed by atoms with Gasteiger partial charge in [0, 0.05) is 22.6 Å². The van der Waals surface area contributed by atoms with Gasteiger partial charge in [0.15, 0.2) is 6.29 Å². The Morgan fingerprint density at radius 2 is 1.88 bits per heavy atom. The minimum absolute atomic E-state index is 0.0346. The quantitative estimate of drug-likeness (QED) is 0.705. The van der Waals surface area contributed by atoms with Crippen LogP contribution in [0.5, 0.6) is 0 Å². The van der Waals surface area contributed by atoms with E-state index in [2.05, 4.69) is 4.98 Å². The smallest absolute Gasteiger partial charge is 0.152 e. The number of halogens is 2. The van der Waals surface area contributed by atoms with E-state index in [4.69, 9.17) is 0 Å². The number of carbonyl (C=O) groups excluding carboxylic acids is 1. The zero-order chi connectivity index (χ0) is 17.5. The van der Waals surface area contributed by atoms with Gasteiger partial charge in [0.25, 0.3) is 0 Å². The van der Waals surface area contributed by atoms with Crippen LogP contribution in [0.1, 0.15) is 29.8 Å². The van der Waals surface area contributed by atoms with E-state index in [9.17, 15) is 18.7 Å². The summed E-state index contributed by atoms with van der Waals surface area (Å²) in [5, 5.41) is 9.50. The predicted molar refractivity (Wildman–Crippen MR) is 89.2 cm³/mol. The van der Waals surface area contributed by atoms with Crippen molar-refractivity contribution in [2.75, 3.05) is 6.61 Å². The monoisotopic (exact) mass is 329 g/mol. The first-order valence-corrected chi connectivity index (χ1v) is 7.55. The van der Waals surface area contributed by atoms with Crippen molar-refractivity contribution in [3.63, 3.8) is 0 Å². The third-order valence-corrected chi connectivity index (χ3v) is 4.37. The van der Waals surface area contributed by atoms with Crippen LogP contribution < -0.4 is 0 Å². The summed E-state index contributed by atoms with van der Waals surface area (Å²) >= 11 is 0. The van der Waals surface area contributed by atoms with Gasteiger partial charge in [0.05, 0.1) is 17.7 Å². The number of hydrogen-bond acceptors (Lipinski definition) is 2. The fourth-order valence-corrected chi connectivity index (χ4v) is 2.78. The van der Waals surface area contributed by atoms with E-state index in [1.165, 1.54) is 12.3 Å². The molecule has 0 saturated carbocycles. The van der Waals surface area contributed by atoms with Crippen molar-refractivity contribution in [2.24, 2.45) is 0 Å². The van der Waals surface area contributed by atoms with Crippen LogP contribution in [0.2, 0.25) is 0 Å². The third kappa shape index (κ3) is 2.51. The highest BCUT2D eigenvalue weighted by atomic mass is 19.1. The molecular formula is C19H17F2NO2. The standard InChI is InChI=1S/C19H17F2NO2/c1-19(2,10-24)13-5-3-11(4-6-13)16-14(20)7-15-17(18(16)21)12(9-23)8-22-15/h3-9,22,24H,10H2,1-2H3. The van der Waals surface area contributed by atoms with Gasteiger partial charge in [0.2, 0.25) is 0 Å². The summed E-state index contributed by atoms with van der Waals surface area (Å²) in [5.41, 5.74) is 1.03. The number of aldehydes is 1. The van der Waals surface area contributed by atoms with Gasteiger partial charge < -0.3 is 10.1 Å². The number of benzene rings is 2. The Morgan fingerprint density at radius 3 is 2.46 bits per heavy atom. The number of carbonyl (C=O) groups is 1. The lowest BCUT2D eigenvalue weighted by molar-refractivity contribution is 0.112. The van der Waals surface area contributed by atoms with Crippen LogP contribution in [0, 0.1) is 11.6 Å². The molecule has 3 aromatic rings. The number of aromatic nitrogens is 1. The van der Waals surface area contributed by atoms with Crippen LogP contribution in [0.25, 0.3) is 22.0 Å². The van der Waals surface area contributed by atoms with Gasteiger partial charge in [0.1, 0.15) is 11.6 Å². The molecule has 0 aliphatic rings. The SMILES string of the molecule is CC(C)(CO)c1ccc(-c2c(F)cc3[nH]cc(C=O)c3c2F)cc1. The molecule has 1 aromatic heterocycles. The van der Waals surface area contributed by atoms with E-state index >= 15 is 0 Å². The van der Waals surface area contributed by atoms with Crippen molar-refractivity contribution in [1.82, 2.24) is 4.98 Å². The largest absolute Gasteiger partial charge is 0.395 e. The molecule has 0 fully saturated rings. The average Bonchev–Trinajstić information content (AvgIpc) is 2.98. The highest BCUT2D eigenvalue weighted by molar-refractivity contribution is 5.99. The minimum Gasteiger partial charge on any atom is -0.395 e. The van der Waals surface area contributed by atoms with Crippen molar-refractivity contribution in [2.45, 2.75) is 19.3 Å². The highest BCUT2D eigenvalue weighted by Crippen LogP contribution is 2.34. The van der Waals surface area contributed by atoms with Crippen LogP contribution in [0.15, 0.2) is 36.5 Å². The summed E-state index contributed by atoms with van der Waals surface area (Å²) in [5.74, 6) is -1.46. The lowest BCUT2D eigenvalue weighted by Gasteiger charge is -2.22. The summed E-state index contributed by atoms with van der Waals surface area (Å²) < 4.78 is 29.2. The molecule has 0 radical (unpaired) electrons. The number of hydrogen-bond donors (Lipinski definition) is 2. The molecule has 0 bridgehead atoms. The van der Waals surface area contributed by atoms with Crippen LogP contribution in [0.3, 0.4) is 0 Å². The van der Waals surface area contributed by atoms with E-state index in [1.54, 1.807) is 24.3 Å². The summed E-state index contributed by atoms with van der Waals surface area (Å²) in [6.07, 6.45) is 1.90. The van der Waals surface area contributed by atoms with Gasteiger partial charge in [-0.25, -0.2) is 8.78 Å². The molecule has 0 unspecified atom stereocenters.